The molecule has 0 heterocycles. The largest absolute Gasteiger partial charge is 0.376 e. The summed E-state index contributed by atoms with van der Waals surface area (Å²) in [4.78, 5) is 0. The second-order valence-corrected chi connectivity index (χ2v) is 5.74. The Morgan fingerprint density at radius 1 is 1.00 bits per heavy atom. The third kappa shape index (κ3) is 2.31. The number of halogens is 1. The molecule has 2 unspecified atom stereocenters. The molecule has 1 aliphatic rings. The number of aryl methyl sites for hydroxylation is 1. The summed E-state index contributed by atoms with van der Waals surface area (Å²) in [5.74, 6) is 0.423. The molecule has 0 spiro atoms. The Hall–Kier alpha value is -1.83. The number of rotatable bonds is 2. The molecule has 0 saturated heterocycles. The molecule has 0 radical (unpaired) electrons. The van der Waals surface area contributed by atoms with Crippen molar-refractivity contribution < 1.29 is 4.39 Å². The minimum Gasteiger partial charge on any atom is -0.376 e. The third-order valence-corrected chi connectivity index (χ3v) is 4.33. The maximum Gasteiger partial charge on any atom is 0.146 e. The number of anilines is 1. The van der Waals surface area contributed by atoms with E-state index in [2.05, 4.69) is 36.5 Å². The molecular weight excluding hydrogens is 249 g/mol. The Labute approximate surface area is 119 Å². The van der Waals surface area contributed by atoms with Crippen molar-refractivity contribution in [3.63, 3.8) is 0 Å². The Bertz CT molecular complexity index is 600. The first-order valence-electron chi connectivity index (χ1n) is 7.27. The van der Waals surface area contributed by atoms with Gasteiger partial charge in [-0.15, -0.1) is 0 Å². The van der Waals surface area contributed by atoms with Crippen LogP contribution in [0.2, 0.25) is 0 Å². The van der Waals surface area contributed by atoms with Crippen LogP contribution in [-0.4, -0.2) is 0 Å². The number of hydrogen-bond donors (Lipinski definition) is 1. The molecule has 3 rings (SSSR count). The second-order valence-electron chi connectivity index (χ2n) is 5.74. The fraction of sp³-hybridized carbons (Fsp3) is 0.333. The summed E-state index contributed by atoms with van der Waals surface area (Å²) in [7, 11) is 0. The van der Waals surface area contributed by atoms with Gasteiger partial charge in [0, 0.05) is 0 Å². The van der Waals surface area contributed by atoms with Gasteiger partial charge in [-0.1, -0.05) is 43.3 Å². The van der Waals surface area contributed by atoms with E-state index in [1.54, 1.807) is 6.07 Å². The molecule has 0 bridgehead atoms. The van der Waals surface area contributed by atoms with Crippen LogP contribution in [0.3, 0.4) is 0 Å². The van der Waals surface area contributed by atoms with Gasteiger partial charge in [0.25, 0.3) is 0 Å². The fourth-order valence-corrected chi connectivity index (χ4v) is 3.14. The van der Waals surface area contributed by atoms with Crippen molar-refractivity contribution in [1.29, 1.82) is 0 Å². The van der Waals surface area contributed by atoms with Crippen LogP contribution < -0.4 is 5.32 Å². The Morgan fingerprint density at radius 2 is 1.75 bits per heavy atom. The van der Waals surface area contributed by atoms with Gasteiger partial charge in [-0.25, -0.2) is 4.39 Å². The number of hydrogen-bond acceptors (Lipinski definition) is 1. The van der Waals surface area contributed by atoms with Crippen molar-refractivity contribution in [3.05, 3.63) is 65.0 Å². The molecule has 2 aromatic carbocycles. The summed E-state index contributed by atoms with van der Waals surface area (Å²) in [6.07, 6.45) is 2.19. The van der Waals surface area contributed by atoms with Crippen LogP contribution in [0.15, 0.2) is 42.5 Å². The van der Waals surface area contributed by atoms with Crippen molar-refractivity contribution in [1.82, 2.24) is 0 Å². The van der Waals surface area contributed by atoms with Crippen LogP contribution >= 0.6 is 0 Å². The van der Waals surface area contributed by atoms with E-state index < -0.39 is 0 Å². The zero-order valence-electron chi connectivity index (χ0n) is 12.0. The van der Waals surface area contributed by atoms with Crippen LogP contribution in [0, 0.1) is 12.7 Å². The second kappa shape index (κ2) is 5.28. The highest BCUT2D eigenvalue weighted by molar-refractivity contribution is 5.54. The Morgan fingerprint density at radius 3 is 2.50 bits per heavy atom. The summed E-state index contributed by atoms with van der Waals surface area (Å²) in [6.45, 7) is 4.21. The average Bonchev–Trinajstić information content (AvgIpc) is 2.46. The summed E-state index contributed by atoms with van der Waals surface area (Å²) < 4.78 is 14.0. The van der Waals surface area contributed by atoms with Crippen molar-refractivity contribution >= 4 is 5.69 Å². The van der Waals surface area contributed by atoms with Gasteiger partial charge in [-0.3, -0.25) is 0 Å². The van der Waals surface area contributed by atoms with E-state index in [0.29, 0.717) is 11.6 Å². The molecule has 0 aromatic heterocycles. The van der Waals surface area contributed by atoms with Gasteiger partial charge in [-0.2, -0.15) is 0 Å². The molecule has 0 saturated carbocycles. The van der Waals surface area contributed by atoms with Crippen LogP contribution in [-0.2, 0) is 0 Å². The van der Waals surface area contributed by atoms with Crippen molar-refractivity contribution in [3.8, 4) is 0 Å². The van der Waals surface area contributed by atoms with E-state index in [0.717, 1.165) is 18.4 Å². The Kier molecular flexibility index (Phi) is 3.47. The monoisotopic (exact) mass is 269 g/mol. The quantitative estimate of drug-likeness (QED) is 0.791. The summed E-state index contributed by atoms with van der Waals surface area (Å²) in [5.41, 5.74) is 4.31. The molecule has 2 heteroatoms. The van der Waals surface area contributed by atoms with Crippen LogP contribution in [0.5, 0.6) is 0 Å². The van der Waals surface area contributed by atoms with Crippen LogP contribution in [0.4, 0.5) is 10.1 Å². The van der Waals surface area contributed by atoms with Gasteiger partial charge in [0.1, 0.15) is 5.82 Å². The first-order chi connectivity index (χ1) is 9.66. The first-order valence-corrected chi connectivity index (χ1v) is 7.27. The minimum atomic E-state index is -0.166. The van der Waals surface area contributed by atoms with E-state index in [1.165, 1.54) is 17.2 Å². The number of benzene rings is 2. The predicted molar refractivity (Wildman–Crippen MR) is 81.6 cm³/mol. The standard InChI is InChI=1S/C18H20FN/c1-12-10-11-17(15-8-4-3-7-14(12)15)20-18-13(2)6-5-9-16(18)19/h3-9,12,17,20H,10-11H2,1-2H3. The maximum atomic E-state index is 14.0. The topological polar surface area (TPSA) is 12.0 Å². The van der Waals surface area contributed by atoms with Gasteiger partial charge in [0.2, 0.25) is 0 Å². The summed E-state index contributed by atoms with van der Waals surface area (Å²) >= 11 is 0. The van der Waals surface area contributed by atoms with E-state index in [-0.39, 0.29) is 11.9 Å². The lowest BCUT2D eigenvalue weighted by atomic mass is 9.81. The summed E-state index contributed by atoms with van der Waals surface area (Å²) in [5, 5.41) is 3.42. The number of para-hydroxylation sites is 1. The first kappa shape index (κ1) is 13.2. The molecule has 2 aromatic rings. The molecule has 1 aliphatic carbocycles. The maximum absolute atomic E-state index is 14.0. The fourth-order valence-electron chi connectivity index (χ4n) is 3.14. The predicted octanol–water partition coefficient (Wildman–Crippen LogP) is 5.18. The van der Waals surface area contributed by atoms with Gasteiger partial charge in [-0.05, 0) is 48.4 Å². The van der Waals surface area contributed by atoms with Crippen molar-refractivity contribution in [2.75, 3.05) is 5.32 Å². The van der Waals surface area contributed by atoms with Gasteiger partial charge in [0.15, 0.2) is 0 Å². The lowest BCUT2D eigenvalue weighted by molar-refractivity contribution is 0.530. The minimum absolute atomic E-state index is 0.166. The lowest BCUT2D eigenvalue weighted by Crippen LogP contribution is -2.20. The molecular formula is C18H20FN. The number of nitrogens with one attached hydrogen (secondary N) is 1. The SMILES string of the molecule is Cc1cccc(F)c1NC1CCC(C)c2ccccc21. The zero-order valence-corrected chi connectivity index (χ0v) is 12.0. The van der Waals surface area contributed by atoms with Gasteiger partial charge >= 0.3 is 0 Å². The zero-order chi connectivity index (χ0) is 14.1. The van der Waals surface area contributed by atoms with Gasteiger partial charge in [0.05, 0.1) is 11.7 Å². The highest BCUT2D eigenvalue weighted by Crippen LogP contribution is 2.39. The van der Waals surface area contributed by atoms with Crippen molar-refractivity contribution in [2.45, 2.75) is 38.6 Å². The average molecular weight is 269 g/mol. The molecule has 2 atom stereocenters. The third-order valence-electron chi connectivity index (χ3n) is 4.33. The molecule has 0 aliphatic heterocycles. The number of fused-ring (bicyclic) bond motifs is 1. The smallest absolute Gasteiger partial charge is 0.146 e. The van der Waals surface area contributed by atoms with Gasteiger partial charge < -0.3 is 5.32 Å². The molecule has 1 nitrogen and oxygen atoms in total. The Balaban J connectivity index is 1.95. The highest BCUT2D eigenvalue weighted by atomic mass is 19.1. The molecule has 0 fully saturated rings. The normalized spacial score (nSPS) is 21.4. The van der Waals surface area contributed by atoms with E-state index in [4.69, 9.17) is 0 Å². The van der Waals surface area contributed by atoms with E-state index in [1.807, 2.05) is 13.0 Å². The van der Waals surface area contributed by atoms with E-state index in [9.17, 15) is 4.39 Å². The molecule has 20 heavy (non-hydrogen) atoms. The van der Waals surface area contributed by atoms with Crippen molar-refractivity contribution in [2.24, 2.45) is 0 Å². The van der Waals surface area contributed by atoms with Crippen LogP contribution in [0.25, 0.3) is 0 Å². The lowest BCUT2D eigenvalue weighted by Gasteiger charge is -2.31. The highest BCUT2D eigenvalue weighted by Gasteiger charge is 2.25. The molecule has 104 valence electrons. The van der Waals surface area contributed by atoms with Crippen LogP contribution in [0.1, 0.15) is 48.4 Å². The summed E-state index contributed by atoms with van der Waals surface area (Å²) in [6, 6.07) is 14.0. The molecule has 0 amide bonds. The van der Waals surface area contributed by atoms with E-state index >= 15 is 0 Å². The molecule has 1 N–H and O–H groups in total.